The second kappa shape index (κ2) is 4.50. The molecule has 0 aliphatic heterocycles. The van der Waals surface area contributed by atoms with Crippen molar-refractivity contribution >= 4 is 28.1 Å². The minimum absolute atomic E-state index is 0.0137. The van der Waals surface area contributed by atoms with Crippen LogP contribution in [-0.2, 0) is 0 Å². The van der Waals surface area contributed by atoms with Crippen LogP contribution in [0.25, 0.3) is 11.0 Å². The van der Waals surface area contributed by atoms with Gasteiger partial charge in [-0.1, -0.05) is 12.1 Å². The number of aromatic nitrogens is 2. The molecule has 1 heterocycles. The number of aromatic hydroxyl groups is 1. The van der Waals surface area contributed by atoms with Gasteiger partial charge in [0.15, 0.2) is 0 Å². The van der Waals surface area contributed by atoms with Gasteiger partial charge in [0.25, 0.3) is 0 Å². The van der Waals surface area contributed by atoms with Crippen LogP contribution in [0, 0.1) is 10.1 Å². The molecule has 3 rings (SSSR count). The topological polar surface area (TPSA) is 114 Å². The molecular formula is C12H8N4O4. The van der Waals surface area contributed by atoms with Crippen LogP contribution in [-0.4, -0.2) is 20.3 Å². The molecule has 0 saturated heterocycles. The molecule has 8 heteroatoms. The molecule has 0 saturated carbocycles. The highest BCUT2D eigenvalue weighted by atomic mass is 16.6. The molecule has 0 aliphatic rings. The molecule has 0 aliphatic carbocycles. The van der Waals surface area contributed by atoms with E-state index in [1.54, 1.807) is 24.3 Å². The maximum Gasteiger partial charge on any atom is 0.323 e. The molecule has 8 nitrogen and oxygen atoms in total. The van der Waals surface area contributed by atoms with Crippen LogP contribution in [0.3, 0.4) is 0 Å². The van der Waals surface area contributed by atoms with Gasteiger partial charge in [-0.15, -0.1) is 0 Å². The first-order valence-corrected chi connectivity index (χ1v) is 5.61. The maximum atomic E-state index is 11.2. The summed E-state index contributed by atoms with van der Waals surface area (Å²) in [5.41, 5.74) is 0.632. The fraction of sp³-hybridized carbons (Fsp3) is 0. The smallest absolute Gasteiger partial charge is 0.323 e. The van der Waals surface area contributed by atoms with Gasteiger partial charge < -0.3 is 10.4 Å². The first kappa shape index (κ1) is 11.9. The lowest BCUT2D eigenvalue weighted by Gasteiger charge is -2.08. The number of anilines is 2. The number of hydrogen-bond acceptors (Lipinski definition) is 7. The Labute approximate surface area is 111 Å². The van der Waals surface area contributed by atoms with Gasteiger partial charge >= 0.3 is 5.69 Å². The van der Waals surface area contributed by atoms with Crippen LogP contribution in [0.1, 0.15) is 0 Å². The normalized spacial score (nSPS) is 10.6. The van der Waals surface area contributed by atoms with E-state index < -0.39 is 4.92 Å². The molecule has 0 spiro atoms. The zero-order valence-corrected chi connectivity index (χ0v) is 9.98. The third kappa shape index (κ3) is 1.88. The van der Waals surface area contributed by atoms with E-state index >= 15 is 0 Å². The molecular weight excluding hydrogens is 264 g/mol. The van der Waals surface area contributed by atoms with Crippen LogP contribution in [0.4, 0.5) is 17.1 Å². The van der Waals surface area contributed by atoms with Crippen molar-refractivity contribution in [3.8, 4) is 5.75 Å². The first-order valence-electron chi connectivity index (χ1n) is 5.61. The van der Waals surface area contributed by atoms with E-state index in [0.29, 0.717) is 11.2 Å². The summed E-state index contributed by atoms with van der Waals surface area (Å²) in [6, 6.07) is 9.46. The van der Waals surface area contributed by atoms with Crippen LogP contribution in [0.15, 0.2) is 41.0 Å². The summed E-state index contributed by atoms with van der Waals surface area (Å²) in [6.45, 7) is 0. The lowest BCUT2D eigenvalue weighted by Crippen LogP contribution is -1.98. The second-order valence-electron chi connectivity index (χ2n) is 3.99. The Morgan fingerprint density at radius 1 is 1.15 bits per heavy atom. The van der Waals surface area contributed by atoms with Crippen molar-refractivity contribution in [3.05, 3.63) is 46.5 Å². The van der Waals surface area contributed by atoms with Crippen molar-refractivity contribution in [3.63, 3.8) is 0 Å². The third-order valence-electron chi connectivity index (χ3n) is 2.76. The minimum Gasteiger partial charge on any atom is -0.506 e. The van der Waals surface area contributed by atoms with E-state index in [1.165, 1.54) is 12.1 Å². The number of nitro groups is 1. The maximum absolute atomic E-state index is 11.2. The molecule has 0 bridgehead atoms. The highest BCUT2D eigenvalue weighted by molar-refractivity contribution is 5.92. The molecule has 2 aromatic carbocycles. The standard InChI is InChI=1S/C12H8N4O4/c17-10-4-2-1-3-7(10)13-9-6-5-8-11(15-20-14-8)12(9)16(18)19/h1-6,13,17H. The fourth-order valence-electron chi connectivity index (χ4n) is 1.85. The quantitative estimate of drug-likeness (QED) is 0.427. The van der Waals surface area contributed by atoms with E-state index in [0.717, 1.165) is 0 Å². The van der Waals surface area contributed by atoms with Crippen molar-refractivity contribution in [2.24, 2.45) is 0 Å². The average Bonchev–Trinajstić information content (AvgIpc) is 2.88. The molecule has 2 N–H and O–H groups in total. The Balaban J connectivity index is 2.14. The minimum atomic E-state index is -0.575. The Morgan fingerprint density at radius 2 is 1.95 bits per heavy atom. The van der Waals surface area contributed by atoms with Gasteiger partial charge in [-0.05, 0) is 34.6 Å². The van der Waals surface area contributed by atoms with Crippen LogP contribution in [0.5, 0.6) is 5.75 Å². The molecule has 20 heavy (non-hydrogen) atoms. The number of rotatable bonds is 3. The molecule has 0 unspecified atom stereocenters. The van der Waals surface area contributed by atoms with Crippen molar-refractivity contribution < 1.29 is 14.7 Å². The number of nitrogens with one attached hydrogen (secondary N) is 1. The summed E-state index contributed by atoms with van der Waals surface area (Å²) in [4.78, 5) is 10.6. The number of nitro benzene ring substituents is 1. The van der Waals surface area contributed by atoms with Crippen molar-refractivity contribution in [2.75, 3.05) is 5.32 Å². The summed E-state index contributed by atoms with van der Waals surface area (Å²) in [5, 5.41) is 30.8. The average molecular weight is 272 g/mol. The van der Waals surface area contributed by atoms with Gasteiger partial charge in [-0.25, -0.2) is 4.63 Å². The highest BCUT2D eigenvalue weighted by Crippen LogP contribution is 2.35. The SMILES string of the molecule is O=[N+]([O-])c1c(Nc2ccccc2O)ccc2nonc12. The molecule has 0 amide bonds. The van der Waals surface area contributed by atoms with Crippen molar-refractivity contribution in [2.45, 2.75) is 0 Å². The van der Waals surface area contributed by atoms with Crippen LogP contribution in [0.2, 0.25) is 0 Å². The first-order chi connectivity index (χ1) is 9.66. The molecule has 100 valence electrons. The number of benzene rings is 2. The van der Waals surface area contributed by atoms with Crippen LogP contribution >= 0.6 is 0 Å². The second-order valence-corrected chi connectivity index (χ2v) is 3.99. The number of para-hydroxylation sites is 2. The number of nitrogens with zero attached hydrogens (tertiary/aromatic N) is 3. The lowest BCUT2D eigenvalue weighted by atomic mass is 10.2. The van der Waals surface area contributed by atoms with Gasteiger partial charge in [-0.3, -0.25) is 10.1 Å². The predicted octanol–water partition coefficient (Wildman–Crippen LogP) is 2.58. The van der Waals surface area contributed by atoms with Gasteiger partial charge in [0.1, 0.15) is 17.0 Å². The van der Waals surface area contributed by atoms with E-state index in [4.69, 9.17) is 0 Å². The van der Waals surface area contributed by atoms with Gasteiger partial charge in [-0.2, -0.15) is 0 Å². The monoisotopic (exact) mass is 272 g/mol. The van der Waals surface area contributed by atoms with Gasteiger partial charge in [0.05, 0.1) is 10.6 Å². The summed E-state index contributed by atoms with van der Waals surface area (Å²) in [6.07, 6.45) is 0. The molecule has 0 atom stereocenters. The highest BCUT2D eigenvalue weighted by Gasteiger charge is 2.23. The van der Waals surface area contributed by atoms with Crippen molar-refractivity contribution in [1.82, 2.24) is 10.3 Å². The zero-order valence-electron chi connectivity index (χ0n) is 9.98. The molecule has 3 aromatic rings. The molecule has 0 fully saturated rings. The number of hydrogen-bond donors (Lipinski definition) is 2. The molecule has 0 radical (unpaired) electrons. The lowest BCUT2D eigenvalue weighted by molar-refractivity contribution is -0.382. The van der Waals surface area contributed by atoms with E-state index in [2.05, 4.69) is 20.3 Å². The van der Waals surface area contributed by atoms with Gasteiger partial charge in [0.2, 0.25) is 5.52 Å². The Hall–Kier alpha value is -3.16. The van der Waals surface area contributed by atoms with Crippen LogP contribution < -0.4 is 5.32 Å². The summed E-state index contributed by atoms with van der Waals surface area (Å²) in [5.74, 6) is -0.0137. The zero-order chi connectivity index (χ0) is 14.1. The summed E-state index contributed by atoms with van der Waals surface area (Å²) in [7, 11) is 0. The Kier molecular flexibility index (Phi) is 2.68. The van der Waals surface area contributed by atoms with Crippen molar-refractivity contribution in [1.29, 1.82) is 0 Å². The molecule has 1 aromatic heterocycles. The Morgan fingerprint density at radius 3 is 2.70 bits per heavy atom. The van der Waals surface area contributed by atoms with E-state index in [1.807, 2.05) is 0 Å². The summed E-state index contributed by atoms with van der Waals surface area (Å²) >= 11 is 0. The van der Waals surface area contributed by atoms with Gasteiger partial charge in [0, 0.05) is 0 Å². The Bertz CT molecular complexity index is 799. The number of fused-ring (bicyclic) bond motifs is 1. The van der Waals surface area contributed by atoms with E-state index in [9.17, 15) is 15.2 Å². The van der Waals surface area contributed by atoms with E-state index in [-0.39, 0.29) is 22.6 Å². The fourth-order valence-corrected chi connectivity index (χ4v) is 1.85. The largest absolute Gasteiger partial charge is 0.506 e. The number of phenols is 1. The third-order valence-corrected chi connectivity index (χ3v) is 2.76. The summed E-state index contributed by atoms with van der Waals surface area (Å²) < 4.78 is 4.50. The predicted molar refractivity (Wildman–Crippen MR) is 69.8 cm³/mol. The number of phenolic OH excluding ortho intramolecular Hbond substituents is 1.